The number of hydrogen-bond donors (Lipinski definition) is 1. The summed E-state index contributed by atoms with van der Waals surface area (Å²) in [5, 5.41) is 8.05. The molecule has 9 nitrogen and oxygen atoms in total. The van der Waals surface area contributed by atoms with Crippen molar-refractivity contribution in [3.8, 4) is 5.75 Å². The molecule has 1 amide bonds. The zero-order valence-electron chi connectivity index (χ0n) is 18.6. The van der Waals surface area contributed by atoms with Crippen LogP contribution in [0.4, 0.5) is 4.39 Å². The van der Waals surface area contributed by atoms with E-state index in [1.54, 1.807) is 48.4 Å². The van der Waals surface area contributed by atoms with E-state index in [9.17, 15) is 14.0 Å². The standard InChI is InChI=1S/C24H23FN6O3/c1-34-19-10-6-16(7-11-19)24(33)30-12-2-3-17(14-30)21-26-22-20(23(32)27-21)28-29-31(22)13-15-4-8-18(25)9-5-15/h4-11,17H,2-3,12-14H2,1H3,(H,26,27,32)/t17-/m1/s1. The van der Waals surface area contributed by atoms with E-state index in [1.807, 2.05) is 0 Å². The first-order valence-corrected chi connectivity index (χ1v) is 11.0. The zero-order valence-corrected chi connectivity index (χ0v) is 18.6. The minimum absolute atomic E-state index is 0.0706. The third-order valence-electron chi connectivity index (χ3n) is 6.07. The molecule has 1 atom stereocenters. The van der Waals surface area contributed by atoms with E-state index in [4.69, 9.17) is 4.74 Å². The van der Waals surface area contributed by atoms with Crippen LogP contribution >= 0.6 is 0 Å². The van der Waals surface area contributed by atoms with Crippen molar-refractivity contribution in [2.24, 2.45) is 0 Å². The Balaban J connectivity index is 1.40. The van der Waals surface area contributed by atoms with E-state index in [0.29, 0.717) is 42.4 Å². The number of hydrogen-bond acceptors (Lipinski definition) is 6. The number of ether oxygens (including phenoxy) is 1. The number of H-pyrrole nitrogens is 1. The predicted molar refractivity (Wildman–Crippen MR) is 122 cm³/mol. The Labute approximate surface area is 194 Å². The van der Waals surface area contributed by atoms with Gasteiger partial charge < -0.3 is 14.6 Å². The van der Waals surface area contributed by atoms with Gasteiger partial charge in [0.1, 0.15) is 17.4 Å². The number of carbonyl (C=O) groups is 1. The summed E-state index contributed by atoms with van der Waals surface area (Å²) < 4.78 is 19.9. The van der Waals surface area contributed by atoms with Crippen molar-refractivity contribution in [1.29, 1.82) is 0 Å². The van der Waals surface area contributed by atoms with Gasteiger partial charge in [-0.15, -0.1) is 5.10 Å². The topological polar surface area (TPSA) is 106 Å². The molecule has 3 heterocycles. The number of rotatable bonds is 5. The summed E-state index contributed by atoms with van der Waals surface area (Å²) in [5.74, 6) is 0.678. The Bertz CT molecular complexity index is 1380. The van der Waals surface area contributed by atoms with Crippen molar-refractivity contribution in [3.05, 3.63) is 81.7 Å². The number of nitrogens with zero attached hydrogens (tertiary/aromatic N) is 5. The second kappa shape index (κ2) is 9.05. The Hall–Kier alpha value is -4.08. The van der Waals surface area contributed by atoms with Crippen molar-refractivity contribution >= 4 is 17.1 Å². The molecule has 1 fully saturated rings. The van der Waals surface area contributed by atoms with Gasteiger partial charge in [0, 0.05) is 24.6 Å². The second-order valence-electron chi connectivity index (χ2n) is 8.32. The minimum Gasteiger partial charge on any atom is -0.497 e. The first-order valence-electron chi connectivity index (χ1n) is 11.0. The Morgan fingerprint density at radius 3 is 2.68 bits per heavy atom. The third kappa shape index (κ3) is 4.26. The minimum atomic E-state index is -0.371. The summed E-state index contributed by atoms with van der Waals surface area (Å²) in [6.07, 6.45) is 1.59. The lowest BCUT2D eigenvalue weighted by molar-refractivity contribution is 0.0704. The van der Waals surface area contributed by atoms with Crippen molar-refractivity contribution in [3.63, 3.8) is 0 Å². The first kappa shape index (κ1) is 21.7. The molecule has 5 rings (SSSR count). The van der Waals surface area contributed by atoms with Crippen LogP contribution in [0.2, 0.25) is 0 Å². The molecule has 0 spiro atoms. The number of aromatic nitrogens is 5. The number of benzene rings is 2. The quantitative estimate of drug-likeness (QED) is 0.489. The van der Waals surface area contributed by atoms with E-state index in [0.717, 1.165) is 18.4 Å². The Kier molecular flexibility index (Phi) is 5.79. The van der Waals surface area contributed by atoms with Crippen LogP contribution in [0.1, 0.15) is 40.5 Å². The van der Waals surface area contributed by atoms with E-state index in [1.165, 1.54) is 16.8 Å². The summed E-state index contributed by atoms with van der Waals surface area (Å²) >= 11 is 0. The van der Waals surface area contributed by atoms with Gasteiger partial charge in [0.05, 0.1) is 13.7 Å². The van der Waals surface area contributed by atoms with Crippen LogP contribution in [0.3, 0.4) is 0 Å². The van der Waals surface area contributed by atoms with Gasteiger partial charge in [0.25, 0.3) is 11.5 Å². The molecule has 10 heteroatoms. The highest BCUT2D eigenvalue weighted by molar-refractivity contribution is 5.94. The molecule has 0 unspecified atom stereocenters. The second-order valence-corrected chi connectivity index (χ2v) is 8.32. The number of likely N-dealkylation sites (tertiary alicyclic amines) is 1. The molecule has 1 saturated heterocycles. The van der Waals surface area contributed by atoms with Crippen molar-refractivity contribution in [1.82, 2.24) is 29.9 Å². The van der Waals surface area contributed by atoms with Crippen molar-refractivity contribution in [2.45, 2.75) is 25.3 Å². The van der Waals surface area contributed by atoms with Gasteiger partial charge in [-0.05, 0) is 54.8 Å². The normalized spacial score (nSPS) is 16.1. The van der Waals surface area contributed by atoms with Crippen LogP contribution in [-0.4, -0.2) is 56.0 Å². The molecule has 2 aromatic carbocycles. The average Bonchev–Trinajstić information content (AvgIpc) is 3.28. The molecule has 1 aliphatic heterocycles. The largest absolute Gasteiger partial charge is 0.497 e. The Morgan fingerprint density at radius 1 is 1.18 bits per heavy atom. The molecule has 1 aliphatic rings. The summed E-state index contributed by atoms with van der Waals surface area (Å²) in [6.45, 7) is 1.39. The van der Waals surface area contributed by atoms with Gasteiger partial charge in [-0.1, -0.05) is 17.3 Å². The smallest absolute Gasteiger partial charge is 0.281 e. The number of amides is 1. The number of piperidine rings is 1. The number of methoxy groups -OCH3 is 1. The van der Waals surface area contributed by atoms with Gasteiger partial charge in [-0.3, -0.25) is 9.59 Å². The third-order valence-corrected chi connectivity index (χ3v) is 6.07. The molecule has 1 N–H and O–H groups in total. The van der Waals surface area contributed by atoms with Crippen molar-refractivity contribution in [2.75, 3.05) is 20.2 Å². The number of aromatic amines is 1. The van der Waals surface area contributed by atoms with Crippen LogP contribution in [0.15, 0.2) is 53.3 Å². The number of nitrogens with one attached hydrogen (secondary N) is 1. The average molecular weight is 462 g/mol. The highest BCUT2D eigenvalue weighted by Gasteiger charge is 2.28. The van der Waals surface area contributed by atoms with Gasteiger partial charge in [0.2, 0.25) is 0 Å². The maximum absolute atomic E-state index is 13.2. The summed E-state index contributed by atoms with van der Waals surface area (Å²) in [7, 11) is 1.58. The predicted octanol–water partition coefficient (Wildman–Crippen LogP) is 2.73. The van der Waals surface area contributed by atoms with E-state index < -0.39 is 0 Å². The molecule has 34 heavy (non-hydrogen) atoms. The first-order chi connectivity index (χ1) is 16.5. The molecule has 0 aliphatic carbocycles. The van der Waals surface area contributed by atoms with E-state index in [-0.39, 0.29) is 28.7 Å². The van der Waals surface area contributed by atoms with Gasteiger partial charge in [-0.2, -0.15) is 0 Å². The highest BCUT2D eigenvalue weighted by atomic mass is 19.1. The summed E-state index contributed by atoms with van der Waals surface area (Å²) in [6, 6.07) is 13.1. The molecule has 4 aromatic rings. The lowest BCUT2D eigenvalue weighted by atomic mass is 9.96. The van der Waals surface area contributed by atoms with Gasteiger partial charge in [0.15, 0.2) is 11.2 Å². The zero-order chi connectivity index (χ0) is 23.7. The van der Waals surface area contributed by atoms with Crippen LogP contribution < -0.4 is 10.3 Å². The Morgan fingerprint density at radius 2 is 1.94 bits per heavy atom. The molecule has 0 radical (unpaired) electrons. The SMILES string of the molecule is COc1ccc(C(=O)N2CCC[C@@H](c3nc4c(nnn4Cc4ccc(F)cc4)c(=O)[nH]3)C2)cc1. The van der Waals surface area contributed by atoms with Gasteiger partial charge in [-0.25, -0.2) is 14.1 Å². The highest BCUT2D eigenvalue weighted by Crippen LogP contribution is 2.26. The maximum Gasteiger partial charge on any atom is 0.281 e. The van der Waals surface area contributed by atoms with Crippen LogP contribution in [0.5, 0.6) is 5.75 Å². The molecular formula is C24H23FN6O3. The fourth-order valence-electron chi connectivity index (χ4n) is 4.25. The monoisotopic (exact) mass is 462 g/mol. The number of carbonyl (C=O) groups excluding carboxylic acids is 1. The number of fused-ring (bicyclic) bond motifs is 1. The lowest BCUT2D eigenvalue weighted by Crippen LogP contribution is -2.40. The molecular weight excluding hydrogens is 439 g/mol. The van der Waals surface area contributed by atoms with Gasteiger partial charge >= 0.3 is 0 Å². The van der Waals surface area contributed by atoms with Crippen LogP contribution in [0, 0.1) is 5.82 Å². The van der Waals surface area contributed by atoms with Crippen LogP contribution in [-0.2, 0) is 6.54 Å². The molecule has 2 aromatic heterocycles. The molecule has 0 bridgehead atoms. The van der Waals surface area contributed by atoms with E-state index in [2.05, 4.69) is 20.3 Å². The van der Waals surface area contributed by atoms with E-state index >= 15 is 0 Å². The fraction of sp³-hybridized carbons (Fsp3) is 0.292. The summed E-state index contributed by atoms with van der Waals surface area (Å²) in [5.41, 5.74) is 1.53. The maximum atomic E-state index is 13.2. The fourth-order valence-corrected chi connectivity index (χ4v) is 4.25. The molecule has 0 saturated carbocycles. The van der Waals surface area contributed by atoms with Crippen LogP contribution in [0.25, 0.3) is 11.2 Å². The number of halogens is 1. The lowest BCUT2D eigenvalue weighted by Gasteiger charge is -2.32. The molecule has 174 valence electrons. The summed E-state index contributed by atoms with van der Waals surface area (Å²) in [4.78, 5) is 35.0. The van der Waals surface area contributed by atoms with Crippen molar-refractivity contribution < 1.29 is 13.9 Å².